The average Bonchev–Trinajstić information content (AvgIpc) is 2.75. The molecule has 0 saturated heterocycles. The number of nitrogens with one attached hydrogen (secondary N) is 1. The summed E-state index contributed by atoms with van der Waals surface area (Å²) in [6.07, 6.45) is 2.90. The van der Waals surface area contributed by atoms with Gasteiger partial charge in [-0.2, -0.15) is 0 Å². The fourth-order valence-electron chi connectivity index (χ4n) is 1.99. The minimum atomic E-state index is -0.263. The zero-order valence-corrected chi connectivity index (χ0v) is 11.9. The van der Waals surface area contributed by atoms with Crippen LogP contribution in [0.4, 0.5) is 16.0 Å². The largest absolute Gasteiger partial charge is 0.382 e. The molecule has 0 spiro atoms. The van der Waals surface area contributed by atoms with E-state index in [4.69, 9.17) is 4.74 Å². The molecule has 0 fully saturated rings. The molecule has 0 saturated carbocycles. The lowest BCUT2D eigenvalue weighted by atomic mass is 10.3. The van der Waals surface area contributed by atoms with E-state index in [1.807, 2.05) is 30.7 Å². The van der Waals surface area contributed by atoms with E-state index in [-0.39, 0.29) is 5.82 Å². The first-order valence-electron chi connectivity index (χ1n) is 6.83. The highest BCUT2D eigenvalue weighted by Gasteiger charge is 2.06. The monoisotopic (exact) mass is 277 g/mol. The molecule has 1 aromatic carbocycles. The highest BCUT2D eigenvalue weighted by atomic mass is 19.1. The van der Waals surface area contributed by atoms with Gasteiger partial charge >= 0.3 is 0 Å². The first-order chi connectivity index (χ1) is 9.69. The Hall–Kier alpha value is -1.88. The van der Waals surface area contributed by atoms with Crippen LogP contribution in [-0.2, 0) is 11.3 Å². The SMILES string of the molecule is CCOCCCn1cc(C)nc1Nc1cccc(F)c1. The molecule has 0 unspecified atom stereocenters. The van der Waals surface area contributed by atoms with E-state index in [9.17, 15) is 4.39 Å². The summed E-state index contributed by atoms with van der Waals surface area (Å²) < 4.78 is 20.5. The summed E-state index contributed by atoms with van der Waals surface area (Å²) in [6, 6.07) is 6.37. The summed E-state index contributed by atoms with van der Waals surface area (Å²) in [6.45, 7) is 6.21. The van der Waals surface area contributed by atoms with Gasteiger partial charge in [0, 0.05) is 31.6 Å². The van der Waals surface area contributed by atoms with Gasteiger partial charge in [-0.05, 0) is 38.5 Å². The van der Waals surface area contributed by atoms with Crippen molar-refractivity contribution in [3.05, 3.63) is 42.0 Å². The Morgan fingerprint density at radius 2 is 2.25 bits per heavy atom. The van der Waals surface area contributed by atoms with Gasteiger partial charge in [0.15, 0.2) is 0 Å². The van der Waals surface area contributed by atoms with Crippen molar-refractivity contribution in [2.45, 2.75) is 26.8 Å². The van der Waals surface area contributed by atoms with Gasteiger partial charge in [-0.15, -0.1) is 0 Å². The van der Waals surface area contributed by atoms with Crippen LogP contribution in [0.15, 0.2) is 30.5 Å². The van der Waals surface area contributed by atoms with Crippen LogP contribution in [-0.4, -0.2) is 22.8 Å². The average molecular weight is 277 g/mol. The predicted molar refractivity (Wildman–Crippen MR) is 77.8 cm³/mol. The van der Waals surface area contributed by atoms with Crippen LogP contribution in [0, 0.1) is 12.7 Å². The summed E-state index contributed by atoms with van der Waals surface area (Å²) in [7, 11) is 0. The van der Waals surface area contributed by atoms with Gasteiger partial charge in [-0.25, -0.2) is 9.37 Å². The van der Waals surface area contributed by atoms with Crippen LogP contribution >= 0.6 is 0 Å². The van der Waals surface area contributed by atoms with Gasteiger partial charge in [0.25, 0.3) is 0 Å². The molecule has 0 atom stereocenters. The molecule has 108 valence electrons. The number of imidazole rings is 1. The van der Waals surface area contributed by atoms with Crippen molar-refractivity contribution < 1.29 is 9.13 Å². The normalized spacial score (nSPS) is 10.8. The molecule has 5 heteroatoms. The first kappa shape index (κ1) is 14.5. The Kier molecular flexibility index (Phi) is 5.12. The topological polar surface area (TPSA) is 39.1 Å². The van der Waals surface area contributed by atoms with Crippen LogP contribution in [0.5, 0.6) is 0 Å². The van der Waals surface area contributed by atoms with E-state index < -0.39 is 0 Å². The van der Waals surface area contributed by atoms with Crippen LogP contribution in [0.25, 0.3) is 0 Å². The third kappa shape index (κ3) is 4.06. The Morgan fingerprint density at radius 1 is 1.40 bits per heavy atom. The molecule has 1 aromatic heterocycles. The second-order valence-electron chi connectivity index (χ2n) is 4.59. The summed E-state index contributed by atoms with van der Waals surface area (Å²) in [4.78, 5) is 4.42. The molecule has 2 rings (SSSR count). The maximum Gasteiger partial charge on any atom is 0.207 e. The van der Waals surface area contributed by atoms with Crippen LogP contribution < -0.4 is 5.32 Å². The van der Waals surface area contributed by atoms with Crippen molar-refractivity contribution in [3.63, 3.8) is 0 Å². The lowest BCUT2D eigenvalue weighted by Crippen LogP contribution is -2.06. The van der Waals surface area contributed by atoms with E-state index in [0.29, 0.717) is 5.69 Å². The van der Waals surface area contributed by atoms with E-state index in [0.717, 1.165) is 37.8 Å². The number of ether oxygens (including phenoxy) is 1. The van der Waals surface area contributed by atoms with Crippen molar-refractivity contribution in [1.82, 2.24) is 9.55 Å². The maximum absolute atomic E-state index is 13.2. The van der Waals surface area contributed by atoms with Gasteiger partial charge in [0.2, 0.25) is 5.95 Å². The molecule has 0 bridgehead atoms. The van der Waals surface area contributed by atoms with Crippen molar-refractivity contribution in [3.8, 4) is 0 Å². The van der Waals surface area contributed by atoms with E-state index >= 15 is 0 Å². The number of aryl methyl sites for hydroxylation is 2. The Morgan fingerprint density at radius 3 is 3.00 bits per heavy atom. The molecule has 0 amide bonds. The molecule has 0 aliphatic rings. The molecule has 4 nitrogen and oxygen atoms in total. The zero-order valence-electron chi connectivity index (χ0n) is 11.9. The third-order valence-electron chi connectivity index (χ3n) is 2.87. The number of anilines is 2. The number of nitrogens with zero attached hydrogens (tertiary/aromatic N) is 2. The maximum atomic E-state index is 13.2. The van der Waals surface area contributed by atoms with Crippen molar-refractivity contribution in [1.29, 1.82) is 0 Å². The number of benzene rings is 1. The van der Waals surface area contributed by atoms with Crippen LogP contribution in [0.2, 0.25) is 0 Å². The second kappa shape index (κ2) is 7.05. The number of rotatable bonds is 7. The summed E-state index contributed by atoms with van der Waals surface area (Å²) in [5.41, 5.74) is 1.63. The van der Waals surface area contributed by atoms with Gasteiger partial charge in [-0.3, -0.25) is 0 Å². The summed E-state index contributed by atoms with van der Waals surface area (Å²) in [5, 5.41) is 3.15. The minimum absolute atomic E-state index is 0.263. The Bertz CT molecular complexity index is 554. The van der Waals surface area contributed by atoms with Crippen molar-refractivity contribution >= 4 is 11.6 Å². The molecule has 0 radical (unpaired) electrons. The van der Waals surface area contributed by atoms with Gasteiger partial charge in [0.1, 0.15) is 5.82 Å². The number of hydrogen-bond donors (Lipinski definition) is 1. The van der Waals surface area contributed by atoms with E-state index in [1.165, 1.54) is 12.1 Å². The van der Waals surface area contributed by atoms with Gasteiger partial charge in [0.05, 0.1) is 5.69 Å². The Labute approximate surface area is 118 Å². The number of halogens is 1. The number of aromatic nitrogens is 2. The van der Waals surface area contributed by atoms with Crippen molar-refractivity contribution in [2.24, 2.45) is 0 Å². The fourth-order valence-corrected chi connectivity index (χ4v) is 1.99. The minimum Gasteiger partial charge on any atom is -0.382 e. The highest BCUT2D eigenvalue weighted by molar-refractivity contribution is 5.53. The molecule has 1 heterocycles. The lowest BCUT2D eigenvalue weighted by Gasteiger charge is -2.09. The van der Waals surface area contributed by atoms with Crippen LogP contribution in [0.1, 0.15) is 19.0 Å². The lowest BCUT2D eigenvalue weighted by molar-refractivity contribution is 0.142. The van der Waals surface area contributed by atoms with Crippen molar-refractivity contribution in [2.75, 3.05) is 18.5 Å². The fraction of sp³-hybridized carbons (Fsp3) is 0.400. The van der Waals surface area contributed by atoms with Gasteiger partial charge in [-0.1, -0.05) is 6.07 Å². The highest BCUT2D eigenvalue weighted by Crippen LogP contribution is 2.17. The molecule has 2 aromatic rings. The summed E-state index contributed by atoms with van der Waals surface area (Å²) in [5.74, 6) is 0.464. The molecule has 20 heavy (non-hydrogen) atoms. The Balaban J connectivity index is 2.03. The second-order valence-corrected chi connectivity index (χ2v) is 4.59. The van der Waals surface area contributed by atoms with Gasteiger partial charge < -0.3 is 14.6 Å². The molecular weight excluding hydrogens is 257 g/mol. The first-order valence-corrected chi connectivity index (χ1v) is 6.83. The van der Waals surface area contributed by atoms with Crippen LogP contribution in [0.3, 0.4) is 0 Å². The zero-order chi connectivity index (χ0) is 14.4. The predicted octanol–water partition coefficient (Wildman–Crippen LogP) is 3.50. The third-order valence-corrected chi connectivity index (χ3v) is 2.87. The molecule has 0 aliphatic carbocycles. The van der Waals surface area contributed by atoms with E-state index in [2.05, 4.69) is 10.3 Å². The smallest absolute Gasteiger partial charge is 0.207 e. The molecular formula is C15H20FN3O. The quantitative estimate of drug-likeness (QED) is 0.787. The standard InChI is InChI=1S/C15H20FN3O/c1-3-20-9-5-8-19-11-12(2)17-15(19)18-14-7-4-6-13(16)10-14/h4,6-7,10-11H,3,5,8-9H2,1-2H3,(H,17,18). The summed E-state index contributed by atoms with van der Waals surface area (Å²) >= 11 is 0. The molecule has 0 aliphatic heterocycles. The van der Waals surface area contributed by atoms with E-state index in [1.54, 1.807) is 6.07 Å². The molecule has 1 N–H and O–H groups in total. The number of hydrogen-bond acceptors (Lipinski definition) is 3.